The lowest BCUT2D eigenvalue weighted by molar-refractivity contribution is -0.133. The largest absolute Gasteiger partial charge is 0.353 e. The second kappa shape index (κ2) is 8.54. The summed E-state index contributed by atoms with van der Waals surface area (Å²) in [5, 5.41) is 0. The summed E-state index contributed by atoms with van der Waals surface area (Å²) in [6.45, 7) is 8.83. The summed E-state index contributed by atoms with van der Waals surface area (Å²) in [7, 11) is 0. The fourth-order valence-corrected chi connectivity index (χ4v) is 4.80. The number of carbonyl (C=O) groups is 1. The lowest BCUT2D eigenvalue weighted by Gasteiger charge is -2.38. The Morgan fingerprint density at radius 2 is 1.87 bits per heavy atom. The molecule has 1 aromatic heterocycles. The summed E-state index contributed by atoms with van der Waals surface area (Å²) >= 11 is 0. The van der Waals surface area contributed by atoms with E-state index in [1.165, 1.54) is 17.7 Å². The molecule has 1 fully saturated rings. The van der Waals surface area contributed by atoms with Gasteiger partial charge in [-0.15, -0.1) is 0 Å². The van der Waals surface area contributed by atoms with E-state index < -0.39 is 5.54 Å². The molecule has 0 saturated carbocycles. The molecule has 1 aliphatic carbocycles. The number of nitrogens with two attached hydrogens (primary N) is 1. The van der Waals surface area contributed by atoms with Gasteiger partial charge in [-0.2, -0.15) is 0 Å². The van der Waals surface area contributed by atoms with Crippen LogP contribution in [0.1, 0.15) is 62.3 Å². The van der Waals surface area contributed by atoms with Crippen LogP contribution in [0.5, 0.6) is 0 Å². The van der Waals surface area contributed by atoms with E-state index in [4.69, 9.17) is 5.73 Å². The first kappa shape index (κ1) is 21.7. The van der Waals surface area contributed by atoms with Gasteiger partial charge in [0.2, 0.25) is 5.91 Å². The molecule has 2 N–H and O–H groups in total. The van der Waals surface area contributed by atoms with Crippen LogP contribution in [0.3, 0.4) is 0 Å². The Balaban J connectivity index is 1.49. The van der Waals surface area contributed by atoms with E-state index in [0.717, 1.165) is 43.0 Å². The fourth-order valence-electron chi connectivity index (χ4n) is 4.80. The van der Waals surface area contributed by atoms with Gasteiger partial charge in [0.25, 0.3) is 0 Å². The Morgan fingerprint density at radius 1 is 1.19 bits per heavy atom. The number of anilines is 1. The molecule has 6 nitrogen and oxygen atoms in total. The van der Waals surface area contributed by atoms with Crippen molar-refractivity contribution in [2.24, 2.45) is 5.73 Å². The van der Waals surface area contributed by atoms with E-state index >= 15 is 0 Å². The van der Waals surface area contributed by atoms with E-state index in [2.05, 4.69) is 21.8 Å². The highest BCUT2D eigenvalue weighted by molar-refractivity contribution is 5.84. The Labute approximate surface area is 183 Å². The first-order chi connectivity index (χ1) is 14.7. The fraction of sp³-hybridized carbons (Fsp3) is 0.542. The monoisotopic (exact) mass is 425 g/mol. The van der Waals surface area contributed by atoms with Crippen LogP contribution < -0.4 is 10.6 Å². The maximum Gasteiger partial charge on any atom is 0.230 e. The van der Waals surface area contributed by atoms with Crippen LogP contribution in [0.15, 0.2) is 30.6 Å². The molecule has 166 valence electrons. The van der Waals surface area contributed by atoms with E-state index in [1.807, 2.05) is 18.7 Å². The number of nitrogens with zero attached hydrogens (tertiary/aromatic N) is 4. The first-order valence-electron chi connectivity index (χ1n) is 11.1. The number of piperazine rings is 1. The highest BCUT2D eigenvalue weighted by Gasteiger charge is 2.33. The predicted octanol–water partition coefficient (Wildman–Crippen LogP) is 3.23. The number of aryl methyl sites for hydroxylation is 1. The number of halogens is 1. The highest BCUT2D eigenvalue weighted by atomic mass is 19.1. The van der Waals surface area contributed by atoms with Crippen molar-refractivity contribution in [3.63, 3.8) is 0 Å². The minimum Gasteiger partial charge on any atom is -0.353 e. The minimum absolute atomic E-state index is 0.0612. The summed E-state index contributed by atoms with van der Waals surface area (Å²) in [5.41, 5.74) is 9.01. The number of amides is 1. The van der Waals surface area contributed by atoms with Crippen LogP contribution in [-0.4, -0.2) is 52.5 Å². The molecule has 1 unspecified atom stereocenters. The Morgan fingerprint density at radius 3 is 2.52 bits per heavy atom. The maximum atomic E-state index is 13.5. The second-order valence-corrected chi connectivity index (χ2v) is 9.61. The van der Waals surface area contributed by atoms with Gasteiger partial charge in [-0.1, -0.05) is 19.1 Å². The van der Waals surface area contributed by atoms with E-state index in [0.29, 0.717) is 25.4 Å². The number of aromatic nitrogens is 2. The van der Waals surface area contributed by atoms with Crippen molar-refractivity contribution in [3.8, 4) is 0 Å². The molecular weight excluding hydrogens is 393 g/mol. The van der Waals surface area contributed by atoms with Crippen molar-refractivity contribution >= 4 is 11.7 Å². The summed E-state index contributed by atoms with van der Waals surface area (Å²) in [6.07, 6.45) is 4.30. The molecule has 1 aliphatic heterocycles. The van der Waals surface area contributed by atoms with Crippen molar-refractivity contribution in [1.82, 2.24) is 14.9 Å². The molecule has 1 saturated heterocycles. The van der Waals surface area contributed by atoms with Crippen molar-refractivity contribution < 1.29 is 9.18 Å². The molecule has 2 heterocycles. The van der Waals surface area contributed by atoms with Gasteiger partial charge in [-0.25, -0.2) is 14.4 Å². The Bertz CT molecular complexity index is 932. The van der Waals surface area contributed by atoms with Gasteiger partial charge in [0.1, 0.15) is 18.0 Å². The number of hydrogen-bond donors (Lipinski definition) is 1. The van der Waals surface area contributed by atoms with Crippen LogP contribution in [0.25, 0.3) is 0 Å². The third-order valence-corrected chi connectivity index (χ3v) is 6.44. The zero-order valence-corrected chi connectivity index (χ0v) is 18.6. The smallest absolute Gasteiger partial charge is 0.230 e. The van der Waals surface area contributed by atoms with Gasteiger partial charge in [-0.05, 0) is 56.7 Å². The van der Waals surface area contributed by atoms with Crippen molar-refractivity contribution in [3.05, 3.63) is 53.2 Å². The summed E-state index contributed by atoms with van der Waals surface area (Å²) in [5.74, 6) is 0.879. The normalized spacial score (nSPS) is 20.0. The molecule has 2 atom stereocenters. The molecule has 0 radical (unpaired) electrons. The summed E-state index contributed by atoms with van der Waals surface area (Å²) in [4.78, 5) is 26.7. The van der Waals surface area contributed by atoms with E-state index in [9.17, 15) is 9.18 Å². The topological polar surface area (TPSA) is 75.4 Å². The van der Waals surface area contributed by atoms with Crippen LogP contribution in [0.4, 0.5) is 10.2 Å². The number of fused-ring (bicyclic) bond motifs is 1. The number of carbonyl (C=O) groups excluding carboxylic acids is 1. The highest BCUT2D eigenvalue weighted by Crippen LogP contribution is 2.37. The van der Waals surface area contributed by atoms with E-state index in [1.54, 1.807) is 18.5 Å². The van der Waals surface area contributed by atoms with E-state index in [-0.39, 0.29) is 17.6 Å². The molecule has 4 rings (SSSR count). The lowest BCUT2D eigenvalue weighted by atomic mass is 9.85. The van der Waals surface area contributed by atoms with Crippen LogP contribution in [0, 0.1) is 5.82 Å². The van der Waals surface area contributed by atoms with Crippen LogP contribution >= 0.6 is 0 Å². The zero-order valence-electron chi connectivity index (χ0n) is 18.6. The van der Waals surface area contributed by atoms with Crippen LogP contribution in [0.2, 0.25) is 0 Å². The quantitative estimate of drug-likeness (QED) is 0.796. The molecule has 0 bridgehead atoms. The minimum atomic E-state index is -0.506. The Kier molecular flexibility index (Phi) is 5.97. The molecular formula is C24H32FN5O. The predicted molar refractivity (Wildman–Crippen MR) is 120 cm³/mol. The van der Waals surface area contributed by atoms with Crippen molar-refractivity contribution in [2.45, 2.75) is 57.4 Å². The van der Waals surface area contributed by atoms with Gasteiger partial charge >= 0.3 is 0 Å². The molecule has 31 heavy (non-hydrogen) atoms. The summed E-state index contributed by atoms with van der Waals surface area (Å²) < 4.78 is 13.4. The van der Waals surface area contributed by atoms with Gasteiger partial charge < -0.3 is 15.5 Å². The number of benzene rings is 1. The first-order valence-corrected chi connectivity index (χ1v) is 11.1. The molecule has 1 aromatic carbocycles. The van der Waals surface area contributed by atoms with Crippen molar-refractivity contribution in [1.29, 1.82) is 0 Å². The second-order valence-electron chi connectivity index (χ2n) is 9.61. The maximum absolute atomic E-state index is 13.5. The lowest BCUT2D eigenvalue weighted by Crippen LogP contribution is -2.51. The third kappa shape index (κ3) is 4.71. The van der Waals surface area contributed by atoms with Gasteiger partial charge in [0, 0.05) is 43.0 Å². The standard InChI is InChI=1S/C24H32FN5O/c1-16-4-9-20-21(16)22(28-15-27-20)29-10-12-30(13-11-29)23(31)19(14-24(2,3)26)17-5-7-18(25)8-6-17/h5-8,15-16,19H,4,9-14,26H2,1-3H3/t16-,19?/m1/s1. The van der Waals surface area contributed by atoms with Gasteiger partial charge in [0.05, 0.1) is 5.92 Å². The number of rotatable bonds is 5. The molecule has 2 aromatic rings. The average Bonchev–Trinajstić information content (AvgIpc) is 3.13. The molecule has 7 heteroatoms. The van der Waals surface area contributed by atoms with Gasteiger partial charge in [-0.3, -0.25) is 4.79 Å². The molecule has 0 spiro atoms. The SMILES string of the molecule is C[C@@H]1CCc2ncnc(N3CCN(C(=O)C(CC(C)(C)N)c4ccc(F)cc4)CC3)c21. The summed E-state index contributed by atoms with van der Waals surface area (Å²) in [6, 6.07) is 6.22. The molecule has 1 amide bonds. The zero-order chi connectivity index (χ0) is 22.2. The Hall–Kier alpha value is -2.54. The number of hydrogen-bond acceptors (Lipinski definition) is 5. The third-order valence-electron chi connectivity index (χ3n) is 6.44. The van der Waals surface area contributed by atoms with Crippen molar-refractivity contribution in [2.75, 3.05) is 31.1 Å². The average molecular weight is 426 g/mol. The molecule has 2 aliphatic rings. The van der Waals surface area contributed by atoms with Crippen LogP contribution in [-0.2, 0) is 11.2 Å². The van der Waals surface area contributed by atoms with Gasteiger partial charge in [0.15, 0.2) is 0 Å².